The Morgan fingerprint density at radius 3 is 2.20 bits per heavy atom. The molecule has 82 valence electrons. The van der Waals surface area contributed by atoms with E-state index in [0.29, 0.717) is 5.56 Å². The SMILES string of the molecule is CC(C)(C)C(=O)c1ccccc1C(O)O. The summed E-state index contributed by atoms with van der Waals surface area (Å²) in [6.45, 7) is 5.40. The van der Waals surface area contributed by atoms with Gasteiger partial charge in [-0.05, 0) is 0 Å². The molecule has 0 spiro atoms. The van der Waals surface area contributed by atoms with Gasteiger partial charge in [-0.1, -0.05) is 45.0 Å². The molecule has 0 aliphatic carbocycles. The molecule has 3 heteroatoms. The van der Waals surface area contributed by atoms with E-state index in [1.807, 2.05) is 0 Å². The van der Waals surface area contributed by atoms with E-state index in [1.54, 1.807) is 45.0 Å². The van der Waals surface area contributed by atoms with Crippen molar-refractivity contribution in [2.75, 3.05) is 0 Å². The molecule has 1 aromatic rings. The van der Waals surface area contributed by atoms with Crippen molar-refractivity contribution in [2.45, 2.75) is 27.1 Å². The second-order valence-corrected chi connectivity index (χ2v) is 4.54. The third kappa shape index (κ3) is 2.64. The maximum Gasteiger partial charge on any atom is 0.179 e. The number of Topliss-reactive ketones (excluding diaryl/α,β-unsaturated/α-hetero) is 1. The van der Waals surface area contributed by atoms with Crippen molar-refractivity contribution in [1.82, 2.24) is 0 Å². The fraction of sp³-hybridized carbons (Fsp3) is 0.417. The number of ketones is 1. The normalized spacial score (nSPS) is 11.9. The van der Waals surface area contributed by atoms with Crippen molar-refractivity contribution < 1.29 is 15.0 Å². The Kier molecular flexibility index (Phi) is 3.27. The fourth-order valence-corrected chi connectivity index (χ4v) is 1.33. The Labute approximate surface area is 89.4 Å². The van der Waals surface area contributed by atoms with E-state index in [0.717, 1.165) is 0 Å². The largest absolute Gasteiger partial charge is 0.364 e. The molecular formula is C12H16O3. The van der Waals surface area contributed by atoms with Crippen LogP contribution in [0.25, 0.3) is 0 Å². The summed E-state index contributed by atoms with van der Waals surface area (Å²) in [6, 6.07) is 6.55. The minimum atomic E-state index is -1.60. The number of carbonyl (C=O) groups is 1. The fourth-order valence-electron chi connectivity index (χ4n) is 1.33. The van der Waals surface area contributed by atoms with Gasteiger partial charge in [-0.2, -0.15) is 0 Å². The molecule has 0 fully saturated rings. The van der Waals surface area contributed by atoms with Gasteiger partial charge in [0.1, 0.15) is 0 Å². The zero-order valence-electron chi connectivity index (χ0n) is 9.19. The van der Waals surface area contributed by atoms with Crippen molar-refractivity contribution in [2.24, 2.45) is 5.41 Å². The van der Waals surface area contributed by atoms with Crippen LogP contribution >= 0.6 is 0 Å². The van der Waals surface area contributed by atoms with Gasteiger partial charge in [0, 0.05) is 16.5 Å². The number of rotatable bonds is 2. The van der Waals surface area contributed by atoms with E-state index in [9.17, 15) is 4.79 Å². The van der Waals surface area contributed by atoms with Crippen LogP contribution in [0.1, 0.15) is 43.0 Å². The quantitative estimate of drug-likeness (QED) is 0.576. The number of hydrogen-bond donors (Lipinski definition) is 2. The highest BCUT2D eigenvalue weighted by Gasteiger charge is 2.26. The van der Waals surface area contributed by atoms with E-state index in [2.05, 4.69) is 0 Å². The van der Waals surface area contributed by atoms with Crippen molar-refractivity contribution >= 4 is 5.78 Å². The lowest BCUT2D eigenvalue weighted by Gasteiger charge is -2.19. The third-order valence-electron chi connectivity index (χ3n) is 2.16. The van der Waals surface area contributed by atoms with Gasteiger partial charge < -0.3 is 10.2 Å². The zero-order chi connectivity index (χ0) is 11.6. The molecule has 0 aromatic heterocycles. The highest BCUT2D eigenvalue weighted by molar-refractivity contribution is 6.01. The first kappa shape index (κ1) is 11.9. The van der Waals surface area contributed by atoms with E-state index < -0.39 is 11.7 Å². The molecule has 1 aromatic carbocycles. The summed E-state index contributed by atoms with van der Waals surface area (Å²) in [6.07, 6.45) is -1.60. The summed E-state index contributed by atoms with van der Waals surface area (Å²) < 4.78 is 0. The molecule has 0 unspecified atom stereocenters. The Bertz CT molecular complexity index is 361. The van der Waals surface area contributed by atoms with Crippen LogP contribution in [-0.2, 0) is 0 Å². The molecule has 2 N–H and O–H groups in total. The molecule has 1 rings (SSSR count). The van der Waals surface area contributed by atoms with Gasteiger partial charge in [0.2, 0.25) is 0 Å². The molecule has 15 heavy (non-hydrogen) atoms. The van der Waals surface area contributed by atoms with E-state index >= 15 is 0 Å². The Balaban J connectivity index is 3.20. The predicted octanol–water partition coefficient (Wildman–Crippen LogP) is 1.90. The summed E-state index contributed by atoms with van der Waals surface area (Å²) in [5.74, 6) is -0.0915. The second-order valence-electron chi connectivity index (χ2n) is 4.54. The van der Waals surface area contributed by atoms with E-state index in [4.69, 9.17) is 10.2 Å². The highest BCUT2D eigenvalue weighted by Crippen LogP contribution is 2.25. The van der Waals surface area contributed by atoms with Crippen LogP contribution in [0.5, 0.6) is 0 Å². The maximum atomic E-state index is 12.0. The molecule has 0 heterocycles. The van der Waals surface area contributed by atoms with Crippen LogP contribution in [0.2, 0.25) is 0 Å². The average Bonchev–Trinajstić information content (AvgIpc) is 2.15. The molecule has 3 nitrogen and oxygen atoms in total. The van der Waals surface area contributed by atoms with Gasteiger partial charge in [-0.15, -0.1) is 0 Å². The molecule has 0 aliphatic rings. The van der Waals surface area contributed by atoms with Crippen LogP contribution < -0.4 is 0 Å². The smallest absolute Gasteiger partial charge is 0.179 e. The van der Waals surface area contributed by atoms with Crippen molar-refractivity contribution in [3.05, 3.63) is 35.4 Å². The van der Waals surface area contributed by atoms with E-state index in [-0.39, 0.29) is 11.3 Å². The van der Waals surface area contributed by atoms with Gasteiger partial charge in [0.05, 0.1) is 0 Å². The first-order valence-corrected chi connectivity index (χ1v) is 4.84. The Hall–Kier alpha value is -1.19. The summed E-state index contributed by atoms with van der Waals surface area (Å²) >= 11 is 0. The summed E-state index contributed by atoms with van der Waals surface area (Å²) in [5.41, 5.74) is 0.114. The lowest BCUT2D eigenvalue weighted by Crippen LogP contribution is -2.22. The number of aliphatic hydroxyl groups is 2. The molecule has 0 aliphatic heterocycles. The number of aliphatic hydroxyl groups excluding tert-OH is 1. The molecule has 0 saturated heterocycles. The average molecular weight is 208 g/mol. The van der Waals surface area contributed by atoms with Crippen LogP contribution in [0.4, 0.5) is 0 Å². The Morgan fingerprint density at radius 2 is 1.73 bits per heavy atom. The zero-order valence-corrected chi connectivity index (χ0v) is 9.19. The van der Waals surface area contributed by atoms with Crippen LogP contribution in [-0.4, -0.2) is 16.0 Å². The van der Waals surface area contributed by atoms with Gasteiger partial charge in [-0.25, -0.2) is 0 Å². The summed E-state index contributed by atoms with van der Waals surface area (Å²) in [5, 5.41) is 18.2. The first-order chi connectivity index (χ1) is 6.84. The van der Waals surface area contributed by atoms with Crippen LogP contribution in [0.3, 0.4) is 0 Å². The lowest BCUT2D eigenvalue weighted by molar-refractivity contribution is -0.0430. The molecular weight excluding hydrogens is 192 g/mol. The topological polar surface area (TPSA) is 57.5 Å². The predicted molar refractivity (Wildman–Crippen MR) is 57.4 cm³/mol. The van der Waals surface area contributed by atoms with E-state index in [1.165, 1.54) is 0 Å². The first-order valence-electron chi connectivity index (χ1n) is 4.84. The monoisotopic (exact) mass is 208 g/mol. The minimum absolute atomic E-state index is 0.0915. The second kappa shape index (κ2) is 4.13. The third-order valence-corrected chi connectivity index (χ3v) is 2.16. The molecule has 0 atom stereocenters. The summed E-state index contributed by atoms with van der Waals surface area (Å²) in [4.78, 5) is 12.0. The van der Waals surface area contributed by atoms with Gasteiger partial charge in [0.25, 0.3) is 0 Å². The van der Waals surface area contributed by atoms with Crippen molar-refractivity contribution in [3.8, 4) is 0 Å². The number of hydrogen-bond acceptors (Lipinski definition) is 3. The van der Waals surface area contributed by atoms with Gasteiger partial charge >= 0.3 is 0 Å². The minimum Gasteiger partial charge on any atom is -0.364 e. The molecule has 0 amide bonds. The number of benzene rings is 1. The molecule has 0 saturated carbocycles. The van der Waals surface area contributed by atoms with Crippen LogP contribution in [0, 0.1) is 5.41 Å². The van der Waals surface area contributed by atoms with Crippen molar-refractivity contribution in [1.29, 1.82) is 0 Å². The summed E-state index contributed by atoms with van der Waals surface area (Å²) in [7, 11) is 0. The molecule has 0 bridgehead atoms. The van der Waals surface area contributed by atoms with Crippen molar-refractivity contribution in [3.63, 3.8) is 0 Å². The highest BCUT2D eigenvalue weighted by atomic mass is 16.5. The van der Waals surface area contributed by atoms with Crippen LogP contribution in [0.15, 0.2) is 24.3 Å². The number of carbonyl (C=O) groups excluding carboxylic acids is 1. The van der Waals surface area contributed by atoms with Gasteiger partial charge in [-0.3, -0.25) is 4.79 Å². The maximum absolute atomic E-state index is 12.0. The Morgan fingerprint density at radius 1 is 1.20 bits per heavy atom. The molecule has 0 radical (unpaired) electrons. The standard InChI is InChI=1S/C12H16O3/c1-12(2,3)10(13)8-6-4-5-7-9(8)11(14)15/h4-7,11,14-15H,1-3H3. The van der Waals surface area contributed by atoms with Gasteiger partial charge in [0.15, 0.2) is 12.1 Å². The lowest BCUT2D eigenvalue weighted by atomic mass is 9.84.